The second-order valence-corrected chi connectivity index (χ2v) is 6.26. The number of hydrogen-bond donors (Lipinski definition) is 3. The molecule has 0 spiro atoms. The summed E-state index contributed by atoms with van der Waals surface area (Å²) in [5, 5.41) is 15.7. The Morgan fingerprint density at radius 2 is 1.88 bits per heavy atom. The molecule has 132 valence electrons. The fraction of sp³-hybridized carbons (Fsp3) is 0.294. The SMILES string of the molecule is CC(C)(CCC(=O)O)NC(=O)c1cc(C(N)=O)n(-c2ccccc2)n1. The van der Waals surface area contributed by atoms with Crippen LogP contribution < -0.4 is 11.1 Å². The average Bonchev–Trinajstić information content (AvgIpc) is 2.99. The van der Waals surface area contributed by atoms with Gasteiger partial charge in [-0.1, -0.05) is 18.2 Å². The number of amides is 2. The van der Waals surface area contributed by atoms with Crippen LogP contribution in [0.3, 0.4) is 0 Å². The van der Waals surface area contributed by atoms with Gasteiger partial charge in [-0.3, -0.25) is 14.4 Å². The molecule has 2 amide bonds. The van der Waals surface area contributed by atoms with Crippen molar-refractivity contribution in [1.29, 1.82) is 0 Å². The van der Waals surface area contributed by atoms with E-state index < -0.39 is 23.3 Å². The van der Waals surface area contributed by atoms with Gasteiger partial charge in [0, 0.05) is 18.0 Å². The van der Waals surface area contributed by atoms with Crippen molar-refractivity contribution in [2.24, 2.45) is 5.73 Å². The third-order valence-electron chi connectivity index (χ3n) is 3.61. The molecule has 0 fully saturated rings. The molecule has 25 heavy (non-hydrogen) atoms. The van der Waals surface area contributed by atoms with Crippen LogP contribution in [-0.2, 0) is 4.79 Å². The van der Waals surface area contributed by atoms with Crippen molar-refractivity contribution in [2.75, 3.05) is 0 Å². The Balaban J connectivity index is 2.26. The Morgan fingerprint density at radius 3 is 2.44 bits per heavy atom. The summed E-state index contributed by atoms with van der Waals surface area (Å²) in [7, 11) is 0. The Kier molecular flexibility index (Phi) is 5.21. The standard InChI is InChI=1S/C17H20N4O4/c1-17(2,9-8-14(22)23)19-16(25)12-10-13(15(18)24)21(20-12)11-6-4-3-5-7-11/h3-7,10H,8-9H2,1-2H3,(H2,18,24)(H,19,25)(H,22,23). The van der Waals surface area contributed by atoms with Gasteiger partial charge in [-0.15, -0.1) is 0 Å². The predicted octanol–water partition coefficient (Wildman–Crippen LogP) is 1.34. The topological polar surface area (TPSA) is 127 Å². The van der Waals surface area contributed by atoms with Crippen LogP contribution in [0.2, 0.25) is 0 Å². The minimum absolute atomic E-state index is 0.0288. The van der Waals surface area contributed by atoms with E-state index in [9.17, 15) is 14.4 Å². The summed E-state index contributed by atoms with van der Waals surface area (Å²) >= 11 is 0. The lowest BCUT2D eigenvalue weighted by Gasteiger charge is -2.25. The predicted molar refractivity (Wildman–Crippen MR) is 90.5 cm³/mol. The average molecular weight is 344 g/mol. The lowest BCUT2D eigenvalue weighted by Crippen LogP contribution is -2.43. The molecule has 8 nitrogen and oxygen atoms in total. The molecule has 0 bridgehead atoms. The highest BCUT2D eigenvalue weighted by molar-refractivity contribution is 5.98. The molecule has 1 aromatic heterocycles. The Labute approximate surface area is 144 Å². The first-order valence-corrected chi connectivity index (χ1v) is 7.69. The normalized spacial score (nSPS) is 11.1. The molecule has 2 rings (SSSR count). The van der Waals surface area contributed by atoms with E-state index in [1.54, 1.807) is 38.1 Å². The maximum absolute atomic E-state index is 12.4. The van der Waals surface area contributed by atoms with Crippen LogP contribution in [0, 0.1) is 0 Å². The van der Waals surface area contributed by atoms with Crippen LogP contribution in [0.25, 0.3) is 5.69 Å². The maximum Gasteiger partial charge on any atom is 0.303 e. The summed E-state index contributed by atoms with van der Waals surface area (Å²) < 4.78 is 1.31. The van der Waals surface area contributed by atoms with E-state index in [2.05, 4.69) is 10.4 Å². The minimum Gasteiger partial charge on any atom is -0.481 e. The smallest absolute Gasteiger partial charge is 0.303 e. The van der Waals surface area contributed by atoms with Crippen LogP contribution in [-0.4, -0.2) is 38.2 Å². The molecule has 0 radical (unpaired) electrons. The third-order valence-corrected chi connectivity index (χ3v) is 3.61. The Bertz CT molecular complexity index is 796. The van der Waals surface area contributed by atoms with Crippen molar-refractivity contribution in [3.8, 4) is 5.69 Å². The van der Waals surface area contributed by atoms with Crippen molar-refractivity contribution in [3.05, 3.63) is 47.8 Å². The van der Waals surface area contributed by atoms with Crippen molar-refractivity contribution in [2.45, 2.75) is 32.2 Å². The van der Waals surface area contributed by atoms with Crippen LogP contribution in [0.5, 0.6) is 0 Å². The number of benzene rings is 1. The number of carboxylic acid groups (broad SMARTS) is 1. The van der Waals surface area contributed by atoms with Crippen molar-refractivity contribution >= 4 is 17.8 Å². The number of carbonyl (C=O) groups excluding carboxylic acids is 2. The highest BCUT2D eigenvalue weighted by Gasteiger charge is 2.25. The van der Waals surface area contributed by atoms with Gasteiger partial charge in [0.1, 0.15) is 5.69 Å². The number of carbonyl (C=O) groups is 3. The monoisotopic (exact) mass is 344 g/mol. The van der Waals surface area contributed by atoms with E-state index in [0.717, 1.165) is 0 Å². The number of nitrogens with zero attached hydrogens (tertiary/aromatic N) is 2. The Morgan fingerprint density at radius 1 is 1.24 bits per heavy atom. The van der Waals surface area contributed by atoms with Gasteiger partial charge in [0.2, 0.25) is 0 Å². The lowest BCUT2D eigenvalue weighted by atomic mass is 9.98. The van der Waals surface area contributed by atoms with Gasteiger partial charge < -0.3 is 16.2 Å². The van der Waals surface area contributed by atoms with E-state index in [0.29, 0.717) is 5.69 Å². The largest absolute Gasteiger partial charge is 0.481 e. The molecular formula is C17H20N4O4. The van der Waals surface area contributed by atoms with E-state index in [1.165, 1.54) is 10.7 Å². The summed E-state index contributed by atoms with van der Waals surface area (Å²) in [4.78, 5) is 34.8. The van der Waals surface area contributed by atoms with Crippen molar-refractivity contribution < 1.29 is 19.5 Å². The first-order valence-electron chi connectivity index (χ1n) is 7.69. The number of primary amides is 1. The number of rotatable bonds is 7. The summed E-state index contributed by atoms with van der Waals surface area (Å²) in [5.74, 6) is -2.15. The molecule has 4 N–H and O–H groups in total. The fourth-order valence-electron chi connectivity index (χ4n) is 2.29. The lowest BCUT2D eigenvalue weighted by molar-refractivity contribution is -0.137. The molecule has 2 aromatic rings. The molecule has 0 aliphatic rings. The third kappa shape index (κ3) is 4.66. The molecule has 8 heteroatoms. The van der Waals surface area contributed by atoms with Gasteiger partial charge >= 0.3 is 5.97 Å². The highest BCUT2D eigenvalue weighted by atomic mass is 16.4. The number of aliphatic carboxylic acids is 1. The van der Waals surface area contributed by atoms with Gasteiger partial charge in [0.25, 0.3) is 11.8 Å². The molecule has 0 atom stereocenters. The van der Waals surface area contributed by atoms with Gasteiger partial charge in [0.05, 0.1) is 5.69 Å². The summed E-state index contributed by atoms with van der Waals surface area (Å²) in [6.45, 7) is 3.44. The highest BCUT2D eigenvalue weighted by Crippen LogP contribution is 2.15. The molecule has 1 heterocycles. The zero-order valence-electron chi connectivity index (χ0n) is 14.0. The van der Waals surface area contributed by atoms with Gasteiger partial charge in [0.15, 0.2) is 5.69 Å². The van der Waals surface area contributed by atoms with Crippen LogP contribution in [0.1, 0.15) is 47.7 Å². The van der Waals surface area contributed by atoms with Crippen molar-refractivity contribution in [1.82, 2.24) is 15.1 Å². The molecule has 0 unspecified atom stereocenters. The number of para-hydroxylation sites is 1. The molecular weight excluding hydrogens is 324 g/mol. The first-order chi connectivity index (χ1) is 11.7. The van der Waals surface area contributed by atoms with E-state index in [1.807, 2.05) is 6.07 Å². The molecule has 1 aromatic carbocycles. The summed E-state index contributed by atoms with van der Waals surface area (Å²) in [5.41, 5.74) is 5.35. The number of aromatic nitrogens is 2. The zero-order chi connectivity index (χ0) is 18.6. The zero-order valence-corrected chi connectivity index (χ0v) is 14.0. The number of hydrogen-bond acceptors (Lipinski definition) is 4. The summed E-state index contributed by atoms with van der Waals surface area (Å²) in [6, 6.07) is 10.1. The van der Waals surface area contributed by atoms with E-state index >= 15 is 0 Å². The van der Waals surface area contributed by atoms with Gasteiger partial charge in [-0.2, -0.15) is 5.10 Å². The number of carboxylic acids is 1. The van der Waals surface area contributed by atoms with Crippen LogP contribution in [0.4, 0.5) is 0 Å². The quantitative estimate of drug-likeness (QED) is 0.698. The molecule has 0 aliphatic carbocycles. The van der Waals surface area contributed by atoms with Crippen LogP contribution >= 0.6 is 0 Å². The number of nitrogens with one attached hydrogen (secondary N) is 1. The maximum atomic E-state index is 12.4. The fourth-order valence-corrected chi connectivity index (χ4v) is 2.29. The molecule has 0 saturated heterocycles. The van der Waals surface area contributed by atoms with Gasteiger partial charge in [-0.25, -0.2) is 4.68 Å². The second kappa shape index (κ2) is 7.16. The summed E-state index contributed by atoms with van der Waals surface area (Å²) in [6.07, 6.45) is 0.189. The number of nitrogens with two attached hydrogens (primary N) is 1. The van der Waals surface area contributed by atoms with Crippen molar-refractivity contribution in [3.63, 3.8) is 0 Å². The second-order valence-electron chi connectivity index (χ2n) is 6.26. The van der Waals surface area contributed by atoms with E-state index in [-0.39, 0.29) is 24.2 Å². The van der Waals surface area contributed by atoms with Crippen LogP contribution in [0.15, 0.2) is 36.4 Å². The first kappa shape index (κ1) is 18.2. The Hall–Kier alpha value is -3.16. The van der Waals surface area contributed by atoms with E-state index in [4.69, 9.17) is 10.8 Å². The molecule has 0 aliphatic heterocycles. The molecule has 0 saturated carbocycles. The van der Waals surface area contributed by atoms with Gasteiger partial charge in [-0.05, 0) is 32.4 Å². The minimum atomic E-state index is -0.938.